The van der Waals surface area contributed by atoms with Gasteiger partial charge >= 0.3 is 0 Å². The van der Waals surface area contributed by atoms with Gasteiger partial charge < -0.3 is 14.9 Å². The van der Waals surface area contributed by atoms with Gasteiger partial charge in [0, 0.05) is 5.56 Å². The van der Waals surface area contributed by atoms with Gasteiger partial charge in [0.2, 0.25) is 11.2 Å². The van der Waals surface area contributed by atoms with Crippen molar-refractivity contribution in [2.45, 2.75) is 6.92 Å². The number of ether oxygens (including phenoxy) is 1. The van der Waals surface area contributed by atoms with Gasteiger partial charge in [-0.25, -0.2) is 4.39 Å². The Kier molecular flexibility index (Phi) is 3.74. The highest BCUT2D eigenvalue weighted by atomic mass is 35.5. The van der Waals surface area contributed by atoms with Crippen LogP contribution in [0.2, 0.25) is 5.02 Å². The second-order valence-corrected chi connectivity index (χ2v) is 5.51. The predicted octanol–water partition coefficient (Wildman–Crippen LogP) is 4.15. The largest absolute Gasteiger partial charge is 0.490 e. The Bertz CT molecular complexity index is 982. The summed E-state index contributed by atoms with van der Waals surface area (Å²) >= 11 is 5.81. The summed E-state index contributed by atoms with van der Waals surface area (Å²) in [4.78, 5) is 12.7. The Morgan fingerprint density at radius 2 is 2.00 bits per heavy atom. The minimum Gasteiger partial charge on any atom is -0.490 e. The van der Waals surface area contributed by atoms with Crippen molar-refractivity contribution in [3.63, 3.8) is 0 Å². The average Bonchev–Trinajstić information content (AvgIpc) is 2.53. The number of nitrogens with two attached hydrogens (primary N) is 1. The minimum atomic E-state index is -0.562. The zero-order chi connectivity index (χ0) is 16.7. The van der Waals surface area contributed by atoms with Gasteiger partial charge in [0.05, 0.1) is 23.2 Å². The third-order valence-electron chi connectivity index (χ3n) is 3.63. The molecule has 2 aromatic carbocycles. The number of benzene rings is 2. The average molecular weight is 334 g/mol. The molecule has 0 unspecified atom stereocenters. The second kappa shape index (κ2) is 5.59. The van der Waals surface area contributed by atoms with Crippen molar-refractivity contribution in [1.82, 2.24) is 0 Å². The first kappa shape index (κ1) is 15.4. The van der Waals surface area contributed by atoms with Crippen LogP contribution in [0.1, 0.15) is 5.56 Å². The SMILES string of the molecule is COc1c(-c2ccc(F)c(Cl)c2)oc2c(N)ccc(C)c2c1=O. The molecule has 3 rings (SSSR count). The predicted molar refractivity (Wildman–Crippen MR) is 88.6 cm³/mol. The molecular weight excluding hydrogens is 321 g/mol. The monoisotopic (exact) mass is 333 g/mol. The van der Waals surface area contributed by atoms with Crippen LogP contribution in [0.4, 0.5) is 10.1 Å². The molecule has 0 spiro atoms. The molecule has 0 radical (unpaired) electrons. The summed E-state index contributed by atoms with van der Waals surface area (Å²) in [6.07, 6.45) is 0. The molecule has 1 aromatic heterocycles. The normalized spacial score (nSPS) is 11.0. The number of hydrogen-bond donors (Lipinski definition) is 1. The van der Waals surface area contributed by atoms with E-state index in [2.05, 4.69) is 0 Å². The zero-order valence-corrected chi connectivity index (χ0v) is 13.2. The van der Waals surface area contributed by atoms with E-state index in [0.717, 1.165) is 5.56 Å². The van der Waals surface area contributed by atoms with Crippen LogP contribution in [0, 0.1) is 12.7 Å². The fourth-order valence-electron chi connectivity index (χ4n) is 2.47. The molecule has 0 aliphatic heterocycles. The third kappa shape index (κ3) is 2.43. The molecule has 118 valence electrons. The molecule has 6 heteroatoms. The highest BCUT2D eigenvalue weighted by Gasteiger charge is 2.20. The summed E-state index contributed by atoms with van der Waals surface area (Å²) in [7, 11) is 1.37. The van der Waals surface area contributed by atoms with Crippen molar-refractivity contribution in [1.29, 1.82) is 0 Å². The van der Waals surface area contributed by atoms with E-state index in [-0.39, 0.29) is 27.5 Å². The summed E-state index contributed by atoms with van der Waals surface area (Å²) in [5.74, 6) is -0.383. The van der Waals surface area contributed by atoms with Gasteiger partial charge in [-0.3, -0.25) is 4.79 Å². The van der Waals surface area contributed by atoms with Gasteiger partial charge in [-0.2, -0.15) is 0 Å². The Morgan fingerprint density at radius 3 is 2.65 bits per heavy atom. The number of rotatable bonds is 2. The van der Waals surface area contributed by atoms with E-state index in [1.54, 1.807) is 19.1 Å². The first-order valence-corrected chi connectivity index (χ1v) is 7.17. The van der Waals surface area contributed by atoms with Crippen molar-refractivity contribution >= 4 is 28.3 Å². The molecule has 23 heavy (non-hydrogen) atoms. The Labute approximate surface area is 136 Å². The second-order valence-electron chi connectivity index (χ2n) is 5.10. The Balaban J connectivity index is 2.43. The van der Waals surface area contributed by atoms with Crippen LogP contribution in [0.3, 0.4) is 0 Å². The molecule has 3 aromatic rings. The molecule has 0 saturated heterocycles. The lowest BCUT2D eigenvalue weighted by atomic mass is 10.1. The van der Waals surface area contributed by atoms with E-state index in [9.17, 15) is 9.18 Å². The van der Waals surface area contributed by atoms with Crippen molar-refractivity contribution in [2.24, 2.45) is 0 Å². The van der Waals surface area contributed by atoms with E-state index < -0.39 is 5.82 Å². The van der Waals surface area contributed by atoms with Crippen molar-refractivity contribution in [3.05, 3.63) is 57.0 Å². The molecule has 4 nitrogen and oxygen atoms in total. The Hall–Kier alpha value is -2.53. The lowest BCUT2D eigenvalue weighted by Crippen LogP contribution is -2.09. The molecule has 2 N–H and O–H groups in total. The van der Waals surface area contributed by atoms with Crippen LogP contribution in [-0.2, 0) is 0 Å². The smallest absolute Gasteiger partial charge is 0.235 e. The Morgan fingerprint density at radius 1 is 1.26 bits per heavy atom. The minimum absolute atomic E-state index is 0.0221. The van der Waals surface area contributed by atoms with E-state index >= 15 is 0 Å². The van der Waals surface area contributed by atoms with Gasteiger partial charge in [0.1, 0.15) is 5.82 Å². The number of halogens is 2. The summed E-state index contributed by atoms with van der Waals surface area (Å²) in [5, 5.41) is 0.281. The maximum absolute atomic E-state index is 13.4. The zero-order valence-electron chi connectivity index (χ0n) is 12.4. The van der Waals surface area contributed by atoms with Crippen molar-refractivity contribution < 1.29 is 13.5 Å². The number of nitrogen functional groups attached to an aromatic ring is 1. The van der Waals surface area contributed by atoms with Crippen LogP contribution in [0.15, 0.2) is 39.5 Å². The lowest BCUT2D eigenvalue weighted by Gasteiger charge is -2.11. The number of fused-ring (bicyclic) bond motifs is 1. The summed E-state index contributed by atoms with van der Waals surface area (Å²) < 4.78 is 24.4. The maximum Gasteiger partial charge on any atom is 0.235 e. The van der Waals surface area contributed by atoms with Gasteiger partial charge in [0.15, 0.2) is 11.3 Å². The van der Waals surface area contributed by atoms with Gasteiger partial charge in [0.25, 0.3) is 0 Å². The molecular formula is C17H13ClFNO3. The standard InChI is InChI=1S/C17H13ClFNO3/c1-8-3-6-12(20)16-13(8)14(21)17(22-2)15(23-16)9-4-5-11(19)10(18)7-9/h3-7H,20H2,1-2H3. The van der Waals surface area contributed by atoms with Crippen molar-refractivity contribution in [2.75, 3.05) is 12.8 Å². The highest BCUT2D eigenvalue weighted by Crippen LogP contribution is 2.35. The number of methoxy groups -OCH3 is 1. The molecule has 0 aliphatic carbocycles. The van der Waals surface area contributed by atoms with E-state index in [1.165, 1.54) is 25.3 Å². The number of aryl methyl sites for hydroxylation is 1. The quantitative estimate of drug-likeness (QED) is 0.715. The highest BCUT2D eigenvalue weighted by molar-refractivity contribution is 6.31. The molecule has 0 saturated carbocycles. The van der Waals surface area contributed by atoms with E-state index in [1.807, 2.05) is 0 Å². The topological polar surface area (TPSA) is 65.5 Å². The fraction of sp³-hybridized carbons (Fsp3) is 0.118. The first-order valence-electron chi connectivity index (χ1n) is 6.79. The van der Waals surface area contributed by atoms with Crippen LogP contribution < -0.4 is 15.9 Å². The summed E-state index contributed by atoms with van der Waals surface area (Å²) in [6.45, 7) is 1.78. The lowest BCUT2D eigenvalue weighted by molar-refractivity contribution is 0.399. The molecule has 1 heterocycles. The molecule has 0 amide bonds. The molecule has 0 atom stereocenters. The number of anilines is 1. The summed E-state index contributed by atoms with van der Waals surface area (Å²) in [5.41, 5.74) is 7.34. The molecule has 0 bridgehead atoms. The number of hydrogen-bond acceptors (Lipinski definition) is 4. The first-order chi connectivity index (χ1) is 10.9. The van der Waals surface area contributed by atoms with E-state index in [4.69, 9.17) is 26.5 Å². The van der Waals surface area contributed by atoms with Crippen LogP contribution in [0.5, 0.6) is 5.75 Å². The molecule has 0 aliphatic rings. The van der Waals surface area contributed by atoms with Crippen molar-refractivity contribution in [3.8, 4) is 17.1 Å². The van der Waals surface area contributed by atoms with Crippen LogP contribution in [-0.4, -0.2) is 7.11 Å². The van der Waals surface area contributed by atoms with Gasteiger partial charge in [-0.1, -0.05) is 17.7 Å². The van der Waals surface area contributed by atoms with Crippen LogP contribution in [0.25, 0.3) is 22.3 Å². The van der Waals surface area contributed by atoms with Crippen LogP contribution >= 0.6 is 11.6 Å². The fourth-order valence-corrected chi connectivity index (χ4v) is 2.65. The molecule has 0 fully saturated rings. The van der Waals surface area contributed by atoms with E-state index in [0.29, 0.717) is 16.6 Å². The van der Waals surface area contributed by atoms with Gasteiger partial charge in [-0.15, -0.1) is 0 Å². The van der Waals surface area contributed by atoms with Gasteiger partial charge in [-0.05, 0) is 36.8 Å². The third-order valence-corrected chi connectivity index (χ3v) is 3.92. The summed E-state index contributed by atoms with van der Waals surface area (Å²) in [6, 6.07) is 7.42. The maximum atomic E-state index is 13.4.